The second-order valence-electron chi connectivity index (χ2n) is 4.48. The number of halogens is 2. The maximum absolute atomic E-state index is 12.3. The fraction of sp³-hybridized carbons (Fsp3) is 0.250. The van der Waals surface area contributed by atoms with Gasteiger partial charge in [0.1, 0.15) is 4.90 Å². The highest BCUT2D eigenvalue weighted by Crippen LogP contribution is 2.28. The lowest BCUT2D eigenvalue weighted by atomic mass is 10.3. The molecule has 0 aliphatic carbocycles. The first-order valence-electron chi connectivity index (χ1n) is 5.81. The van der Waals surface area contributed by atoms with Gasteiger partial charge in [0.2, 0.25) is 0 Å². The van der Waals surface area contributed by atoms with Crippen LogP contribution in [0.3, 0.4) is 0 Å². The molecule has 0 aliphatic heterocycles. The summed E-state index contributed by atoms with van der Waals surface area (Å²) in [7, 11) is -3.65. The number of anilines is 1. The smallest absolute Gasteiger partial charge is 0.265 e. The maximum Gasteiger partial charge on any atom is 0.265 e. The Morgan fingerprint density at radius 3 is 2.60 bits per heavy atom. The summed E-state index contributed by atoms with van der Waals surface area (Å²) in [5.41, 5.74) is 0.469. The van der Waals surface area contributed by atoms with E-state index in [1.54, 1.807) is 16.8 Å². The van der Waals surface area contributed by atoms with Crippen molar-refractivity contribution in [1.82, 2.24) is 9.78 Å². The second kappa shape index (κ2) is 5.87. The molecule has 108 valence electrons. The zero-order valence-corrected chi connectivity index (χ0v) is 14.8. The summed E-state index contributed by atoms with van der Waals surface area (Å²) in [5.74, 6) is 0. The molecule has 0 atom stereocenters. The van der Waals surface area contributed by atoms with Crippen LogP contribution in [-0.4, -0.2) is 18.2 Å². The molecule has 0 radical (unpaired) electrons. The third-order valence-corrected chi connectivity index (χ3v) is 5.09. The number of hydrogen-bond donors (Lipinski definition) is 1. The van der Waals surface area contributed by atoms with Gasteiger partial charge in [0.25, 0.3) is 10.0 Å². The summed E-state index contributed by atoms with van der Waals surface area (Å²) in [6, 6.07) is 5.38. The van der Waals surface area contributed by atoms with Crippen molar-refractivity contribution in [3.63, 3.8) is 0 Å². The van der Waals surface area contributed by atoms with E-state index < -0.39 is 10.0 Å². The monoisotopic (exact) mass is 421 g/mol. The molecule has 2 rings (SSSR count). The van der Waals surface area contributed by atoms with Gasteiger partial charge in [-0.3, -0.25) is 9.40 Å². The van der Waals surface area contributed by atoms with Crippen LogP contribution in [0.15, 0.2) is 44.4 Å². The molecule has 1 heterocycles. The van der Waals surface area contributed by atoms with Crippen molar-refractivity contribution >= 4 is 47.6 Å². The van der Waals surface area contributed by atoms with Crippen molar-refractivity contribution in [3.8, 4) is 0 Å². The predicted molar refractivity (Wildman–Crippen MR) is 85.3 cm³/mol. The summed E-state index contributed by atoms with van der Waals surface area (Å²) in [6.45, 7) is 3.86. The second-order valence-corrected chi connectivity index (χ2v) is 7.93. The van der Waals surface area contributed by atoms with Crippen LogP contribution >= 0.6 is 31.9 Å². The number of rotatable bonds is 4. The number of aromatic nitrogens is 2. The Morgan fingerprint density at radius 2 is 2.00 bits per heavy atom. The van der Waals surface area contributed by atoms with Crippen molar-refractivity contribution in [1.29, 1.82) is 0 Å². The molecule has 1 N–H and O–H groups in total. The molecular formula is C12H13Br2N3O2S. The number of benzene rings is 1. The van der Waals surface area contributed by atoms with Crippen molar-refractivity contribution in [2.75, 3.05) is 4.72 Å². The molecule has 1 aromatic carbocycles. The molecule has 0 aliphatic rings. The Morgan fingerprint density at radius 1 is 1.30 bits per heavy atom. The van der Waals surface area contributed by atoms with E-state index in [1.807, 2.05) is 19.9 Å². The average molecular weight is 423 g/mol. The highest BCUT2D eigenvalue weighted by Gasteiger charge is 2.18. The molecule has 0 bridgehead atoms. The van der Waals surface area contributed by atoms with Crippen molar-refractivity contribution in [2.45, 2.75) is 24.8 Å². The standard InChI is InChI=1S/C12H13Br2N3O2S/c1-8(2)17-7-10(6-15-17)20(18,19)16-12-5-9(13)3-4-11(12)14/h3-8,16H,1-2H3. The molecule has 2 aromatic rings. The van der Waals surface area contributed by atoms with Crippen LogP contribution in [0.1, 0.15) is 19.9 Å². The molecule has 0 saturated heterocycles. The van der Waals surface area contributed by atoms with Crippen LogP contribution in [0.2, 0.25) is 0 Å². The first-order valence-corrected chi connectivity index (χ1v) is 8.88. The summed E-state index contributed by atoms with van der Waals surface area (Å²) in [6.07, 6.45) is 2.85. The normalized spacial score (nSPS) is 11.8. The lowest BCUT2D eigenvalue weighted by Crippen LogP contribution is -2.13. The van der Waals surface area contributed by atoms with Gasteiger partial charge in [-0.1, -0.05) is 15.9 Å². The Balaban J connectivity index is 2.33. The molecule has 1 aromatic heterocycles. The van der Waals surface area contributed by atoms with E-state index in [2.05, 4.69) is 41.7 Å². The minimum absolute atomic E-state index is 0.108. The quantitative estimate of drug-likeness (QED) is 0.814. The van der Waals surface area contributed by atoms with E-state index in [4.69, 9.17) is 0 Å². The van der Waals surface area contributed by atoms with Crippen LogP contribution in [0.25, 0.3) is 0 Å². The van der Waals surface area contributed by atoms with E-state index in [0.717, 1.165) is 4.47 Å². The lowest BCUT2D eigenvalue weighted by molar-refractivity contribution is 0.531. The summed E-state index contributed by atoms with van der Waals surface area (Å²) in [4.78, 5) is 0.137. The average Bonchev–Trinajstić information content (AvgIpc) is 2.84. The van der Waals surface area contributed by atoms with Crippen LogP contribution in [0.5, 0.6) is 0 Å². The SMILES string of the molecule is CC(C)n1cc(S(=O)(=O)Nc2cc(Br)ccc2Br)cn1. The van der Waals surface area contributed by atoms with Crippen molar-refractivity contribution in [2.24, 2.45) is 0 Å². The van der Waals surface area contributed by atoms with Gasteiger partial charge in [-0.2, -0.15) is 5.10 Å². The summed E-state index contributed by atoms with van der Waals surface area (Å²) < 4.78 is 30.2. The highest BCUT2D eigenvalue weighted by molar-refractivity contribution is 9.11. The van der Waals surface area contributed by atoms with Gasteiger partial charge in [0.15, 0.2) is 0 Å². The Bertz CT molecular complexity index is 726. The van der Waals surface area contributed by atoms with Crippen molar-refractivity contribution in [3.05, 3.63) is 39.5 Å². The molecule has 20 heavy (non-hydrogen) atoms. The Labute approximate surface area is 134 Å². The molecule has 0 amide bonds. The van der Waals surface area contributed by atoms with Gasteiger partial charge in [0.05, 0.1) is 11.9 Å². The third-order valence-electron chi connectivity index (χ3n) is 2.59. The molecule has 5 nitrogen and oxygen atoms in total. The van der Waals surface area contributed by atoms with Crippen molar-refractivity contribution < 1.29 is 8.42 Å². The van der Waals surface area contributed by atoms with Crippen LogP contribution in [0, 0.1) is 0 Å². The molecule has 0 unspecified atom stereocenters. The van der Waals surface area contributed by atoms with Crippen LogP contribution in [-0.2, 0) is 10.0 Å². The van der Waals surface area contributed by atoms with E-state index >= 15 is 0 Å². The Hall–Kier alpha value is -0.860. The van der Waals surface area contributed by atoms with E-state index in [-0.39, 0.29) is 10.9 Å². The fourth-order valence-electron chi connectivity index (χ4n) is 1.52. The zero-order valence-electron chi connectivity index (χ0n) is 10.8. The van der Waals surface area contributed by atoms with Crippen LogP contribution < -0.4 is 4.72 Å². The predicted octanol–water partition coefficient (Wildman–Crippen LogP) is 3.79. The number of hydrogen-bond acceptors (Lipinski definition) is 3. The first-order chi connectivity index (χ1) is 9.29. The largest absolute Gasteiger partial charge is 0.278 e. The summed E-state index contributed by atoms with van der Waals surface area (Å²) >= 11 is 6.63. The zero-order chi connectivity index (χ0) is 14.9. The molecule has 0 saturated carbocycles. The molecular weight excluding hydrogens is 410 g/mol. The fourth-order valence-corrected chi connectivity index (χ4v) is 3.37. The first kappa shape index (κ1) is 15.5. The van der Waals surface area contributed by atoms with Gasteiger partial charge in [-0.05, 0) is 48.0 Å². The number of sulfonamides is 1. The van der Waals surface area contributed by atoms with Gasteiger partial charge in [-0.15, -0.1) is 0 Å². The number of nitrogens with zero attached hydrogens (tertiary/aromatic N) is 2. The highest BCUT2D eigenvalue weighted by atomic mass is 79.9. The lowest BCUT2D eigenvalue weighted by Gasteiger charge is -2.09. The maximum atomic E-state index is 12.3. The van der Waals surface area contributed by atoms with Gasteiger partial charge in [-0.25, -0.2) is 8.42 Å². The van der Waals surface area contributed by atoms with Gasteiger partial charge >= 0.3 is 0 Å². The minimum atomic E-state index is -3.65. The number of nitrogens with one attached hydrogen (secondary N) is 1. The Kier molecular flexibility index (Phi) is 4.55. The third kappa shape index (κ3) is 3.42. The van der Waals surface area contributed by atoms with Gasteiger partial charge < -0.3 is 0 Å². The van der Waals surface area contributed by atoms with Gasteiger partial charge in [0, 0.05) is 21.2 Å². The van der Waals surface area contributed by atoms with Crippen LogP contribution in [0.4, 0.5) is 5.69 Å². The molecule has 0 spiro atoms. The summed E-state index contributed by atoms with van der Waals surface area (Å²) in [5, 5.41) is 4.04. The van der Waals surface area contributed by atoms with E-state index in [9.17, 15) is 8.42 Å². The topological polar surface area (TPSA) is 64.0 Å². The van der Waals surface area contributed by atoms with E-state index in [1.165, 1.54) is 12.4 Å². The molecule has 0 fully saturated rings. The molecule has 8 heteroatoms. The minimum Gasteiger partial charge on any atom is -0.278 e. The van der Waals surface area contributed by atoms with E-state index in [0.29, 0.717) is 10.2 Å².